The fraction of sp³-hybridized carbons (Fsp3) is 0.750. The standard InChI is InChI=1S/2C24H43O5P.K.Na/c2*1-2-3-4-5-6-7-8-9-10-11-12-13-14-15-16-20-23-27-29-30(25,26)28-24-21-18-17-19-22-24;;/h2*17-19,21-22H,2-16,20,23H2,1H3,(H,25,26);;/q;;2*+1/p-2. The summed E-state index contributed by atoms with van der Waals surface area (Å²) in [7, 11) is -8.96. The Bertz CT molecular complexity index is 1190. The molecule has 0 heterocycles. The molecule has 0 aromatic heterocycles. The topological polar surface area (TPSA) is 136 Å². The summed E-state index contributed by atoms with van der Waals surface area (Å²) in [5.41, 5.74) is 0. The molecule has 0 radical (unpaired) electrons. The number of benzene rings is 2. The van der Waals surface area contributed by atoms with Crippen molar-refractivity contribution < 1.29 is 128 Å². The van der Waals surface area contributed by atoms with Gasteiger partial charge in [0, 0.05) is 0 Å². The van der Waals surface area contributed by atoms with Gasteiger partial charge in [-0.3, -0.25) is 9.13 Å². The Morgan fingerprint density at radius 2 is 0.581 bits per heavy atom. The van der Waals surface area contributed by atoms with Gasteiger partial charge in [-0.15, -0.1) is 0 Å². The van der Waals surface area contributed by atoms with Crippen molar-refractivity contribution in [2.24, 2.45) is 0 Å². The smallest absolute Gasteiger partial charge is 0.744 e. The fourth-order valence-electron chi connectivity index (χ4n) is 6.87. The van der Waals surface area contributed by atoms with E-state index in [1.54, 1.807) is 60.7 Å². The number of phosphoric ester groups is 2. The van der Waals surface area contributed by atoms with Crippen LogP contribution in [0, 0.1) is 0 Å². The third-order valence-electron chi connectivity index (χ3n) is 10.4. The van der Waals surface area contributed by atoms with Crippen LogP contribution in [0.25, 0.3) is 0 Å². The van der Waals surface area contributed by atoms with Crippen LogP contribution in [0.2, 0.25) is 0 Å². The number of unbranched alkanes of at least 4 members (excludes halogenated alkanes) is 30. The number of phosphoric acid groups is 2. The Balaban J connectivity index is 0. The van der Waals surface area contributed by atoms with E-state index in [4.69, 9.17) is 18.8 Å². The Hall–Kier alpha value is 0.896. The van der Waals surface area contributed by atoms with E-state index < -0.39 is 15.6 Å². The van der Waals surface area contributed by atoms with Crippen LogP contribution in [-0.2, 0) is 28.3 Å². The second-order valence-corrected chi connectivity index (χ2v) is 18.6. The largest absolute Gasteiger partial charge is 1.00 e. The Morgan fingerprint density at radius 1 is 0.371 bits per heavy atom. The molecule has 14 heteroatoms. The van der Waals surface area contributed by atoms with Crippen molar-refractivity contribution in [2.75, 3.05) is 13.2 Å². The molecule has 2 atom stereocenters. The van der Waals surface area contributed by atoms with Gasteiger partial charge in [0.05, 0.1) is 13.2 Å². The second-order valence-electron chi connectivity index (χ2n) is 16.1. The van der Waals surface area contributed by atoms with E-state index in [0.29, 0.717) is 0 Å². The van der Waals surface area contributed by atoms with E-state index in [1.165, 1.54) is 167 Å². The Kier molecular flexibility index (Phi) is 50.7. The summed E-state index contributed by atoms with van der Waals surface area (Å²) < 4.78 is 41.7. The monoisotopic (exact) mass is 945 g/mol. The third kappa shape index (κ3) is 46.0. The minimum Gasteiger partial charge on any atom is -0.744 e. The van der Waals surface area contributed by atoms with Crippen LogP contribution < -0.4 is 99.8 Å². The Morgan fingerprint density at radius 3 is 0.806 bits per heavy atom. The molecular weight excluding hydrogens is 861 g/mol. The maximum Gasteiger partial charge on any atom is 1.00 e. The Labute approximate surface area is 443 Å². The molecule has 10 nitrogen and oxygen atoms in total. The van der Waals surface area contributed by atoms with Crippen LogP contribution in [-0.4, -0.2) is 13.2 Å². The van der Waals surface area contributed by atoms with Gasteiger partial charge in [-0.05, 0) is 37.1 Å². The van der Waals surface area contributed by atoms with Crippen LogP contribution in [0.3, 0.4) is 0 Å². The van der Waals surface area contributed by atoms with Gasteiger partial charge in [-0.2, -0.15) is 9.35 Å². The van der Waals surface area contributed by atoms with Gasteiger partial charge in [-0.25, -0.2) is 9.78 Å². The summed E-state index contributed by atoms with van der Waals surface area (Å²) in [5.74, 6) is 0.420. The number of rotatable bonds is 42. The van der Waals surface area contributed by atoms with Crippen LogP contribution >= 0.6 is 15.6 Å². The molecule has 62 heavy (non-hydrogen) atoms. The van der Waals surface area contributed by atoms with Gasteiger partial charge >= 0.3 is 96.6 Å². The van der Waals surface area contributed by atoms with E-state index in [-0.39, 0.29) is 106 Å². The summed E-state index contributed by atoms with van der Waals surface area (Å²) in [4.78, 5) is 32.8. The van der Waals surface area contributed by atoms with Crippen molar-refractivity contribution in [3.8, 4) is 11.5 Å². The third-order valence-corrected chi connectivity index (χ3v) is 11.8. The summed E-state index contributed by atoms with van der Waals surface area (Å²) >= 11 is 0. The van der Waals surface area contributed by atoms with Gasteiger partial charge < -0.3 is 18.8 Å². The first-order valence-corrected chi connectivity index (χ1v) is 26.9. The SMILES string of the molecule is CCCCCCCCCCCCCCCCCCOOP(=O)([O-])Oc1ccccc1.CCCCCCCCCCCCCCCCCCOOP(=O)([O-])Oc1ccccc1.[K+].[Na+]. The quantitative estimate of drug-likeness (QED) is 0.0208. The average Bonchev–Trinajstić information content (AvgIpc) is 3.23. The van der Waals surface area contributed by atoms with Crippen LogP contribution in [0.15, 0.2) is 60.7 Å². The zero-order chi connectivity index (χ0) is 43.5. The molecule has 2 unspecified atom stereocenters. The van der Waals surface area contributed by atoms with Crippen molar-refractivity contribution >= 4 is 15.6 Å². The maximum absolute atomic E-state index is 11.6. The van der Waals surface area contributed by atoms with Gasteiger partial charge in [-0.1, -0.05) is 243 Å². The summed E-state index contributed by atoms with van der Waals surface area (Å²) in [6.45, 7) is 5.04. The fourth-order valence-corrected chi connectivity index (χ4v) is 8.10. The first-order valence-electron chi connectivity index (χ1n) is 24.0. The van der Waals surface area contributed by atoms with Crippen molar-refractivity contribution in [1.29, 1.82) is 0 Å². The van der Waals surface area contributed by atoms with E-state index in [0.717, 1.165) is 38.5 Å². The molecule has 0 saturated heterocycles. The van der Waals surface area contributed by atoms with Crippen molar-refractivity contribution in [3.63, 3.8) is 0 Å². The molecule has 348 valence electrons. The predicted molar refractivity (Wildman–Crippen MR) is 243 cm³/mol. The van der Waals surface area contributed by atoms with E-state index in [9.17, 15) is 18.9 Å². The van der Waals surface area contributed by atoms with Gasteiger partial charge in [0.1, 0.15) is 11.5 Å². The minimum absolute atomic E-state index is 0. The van der Waals surface area contributed by atoms with Crippen LogP contribution in [0.4, 0.5) is 0 Å². The average molecular weight is 945 g/mol. The number of hydrogen-bond donors (Lipinski definition) is 0. The molecule has 0 aliphatic heterocycles. The van der Waals surface area contributed by atoms with Gasteiger partial charge in [0.15, 0.2) is 0 Å². The molecule has 2 aromatic rings. The molecule has 0 saturated carbocycles. The van der Waals surface area contributed by atoms with E-state index in [2.05, 4.69) is 23.2 Å². The molecule has 0 spiro atoms. The second kappa shape index (κ2) is 48.4. The summed E-state index contributed by atoms with van der Waals surface area (Å²) in [6, 6.07) is 16.5. The molecule has 0 fully saturated rings. The molecule has 0 N–H and O–H groups in total. The molecule has 0 aliphatic carbocycles. The molecule has 2 aromatic carbocycles. The molecule has 0 aliphatic rings. The van der Waals surface area contributed by atoms with Crippen molar-refractivity contribution in [2.45, 2.75) is 219 Å². The van der Waals surface area contributed by atoms with Gasteiger partial charge in [0.25, 0.3) is 0 Å². The normalized spacial score (nSPS) is 12.8. The molecule has 0 amide bonds. The summed E-state index contributed by atoms with van der Waals surface area (Å²) in [6.07, 6.45) is 41.4. The molecule has 0 bridgehead atoms. The van der Waals surface area contributed by atoms with Crippen molar-refractivity contribution in [3.05, 3.63) is 60.7 Å². The minimum atomic E-state index is -4.48. The first kappa shape index (κ1) is 65.0. The summed E-state index contributed by atoms with van der Waals surface area (Å²) in [5, 5.41) is 0. The molecular formula is C48H84KNaO10P2. The van der Waals surface area contributed by atoms with Crippen molar-refractivity contribution in [1.82, 2.24) is 0 Å². The van der Waals surface area contributed by atoms with Crippen LogP contribution in [0.5, 0.6) is 11.5 Å². The number of hydrogen-bond acceptors (Lipinski definition) is 10. The zero-order valence-corrected chi connectivity index (χ0v) is 46.7. The zero-order valence-electron chi connectivity index (χ0n) is 39.8. The first-order chi connectivity index (χ1) is 29.3. The predicted octanol–water partition coefficient (Wildman–Crippen LogP) is 9.50. The van der Waals surface area contributed by atoms with E-state index >= 15 is 0 Å². The number of para-hydroxylation sites is 2. The van der Waals surface area contributed by atoms with Gasteiger partial charge in [0.2, 0.25) is 0 Å². The van der Waals surface area contributed by atoms with E-state index in [1.807, 2.05) is 0 Å². The van der Waals surface area contributed by atoms with Crippen LogP contribution in [0.1, 0.15) is 219 Å². The molecule has 2 rings (SSSR count). The maximum atomic E-state index is 11.6.